The van der Waals surface area contributed by atoms with E-state index in [2.05, 4.69) is 242 Å². The van der Waals surface area contributed by atoms with E-state index >= 15 is 0 Å². The molecule has 0 fully saturated rings. The average Bonchev–Trinajstić information content (AvgIpc) is 3.86. The summed E-state index contributed by atoms with van der Waals surface area (Å²) in [5, 5.41) is 7.60. The van der Waals surface area contributed by atoms with Gasteiger partial charge in [0.1, 0.15) is 0 Å². The van der Waals surface area contributed by atoms with Crippen LogP contribution in [0.4, 0.5) is 28.4 Å². The molecule has 13 rings (SSSR count). The fourth-order valence-electron chi connectivity index (χ4n) is 12.0. The summed E-state index contributed by atoms with van der Waals surface area (Å²) in [4.78, 5) is 4.90. The first kappa shape index (κ1) is 39.4. The van der Waals surface area contributed by atoms with Crippen molar-refractivity contribution in [2.75, 3.05) is 9.80 Å². The molecule has 0 heterocycles. The molecule has 0 unspecified atom stereocenters. The van der Waals surface area contributed by atoms with Gasteiger partial charge in [-0.1, -0.05) is 159 Å². The molecular weight excluding hydrogens is 809 g/mol. The largest absolute Gasteiger partial charge is 0.314 e. The first-order valence-corrected chi connectivity index (χ1v) is 24.1. The lowest BCUT2D eigenvalue weighted by molar-refractivity contribution is 0.803. The standard InChI is InChI=1S/C65H50N2/c1-3-43-27-32-49(33-28-43)66(47-17-7-5-8-18-47)51-36-31-45-40-59-62(41-46(45)39-51)65(60-25-15-13-22-54(60)55-23-14-16-26-61(55)65)64-57-38-37-52(42-58(57)53-21-11-12-24-56(53)63(59)64)67(48-19-9-6-10-20-48)50-34-29-44(4-2)30-35-50/h5-27,29-32,34-42H,3-4,28,33H2,1-2H3. The molecule has 0 amide bonds. The van der Waals surface area contributed by atoms with Crippen LogP contribution in [0.25, 0.3) is 54.6 Å². The van der Waals surface area contributed by atoms with Crippen LogP contribution >= 0.6 is 0 Å². The third-order valence-electron chi connectivity index (χ3n) is 15.1. The van der Waals surface area contributed by atoms with Crippen LogP contribution in [0.2, 0.25) is 0 Å². The van der Waals surface area contributed by atoms with Crippen LogP contribution < -0.4 is 9.80 Å². The number of nitrogens with zero attached hydrogens (tertiary/aromatic N) is 2. The Kier molecular flexibility index (Phi) is 9.18. The van der Waals surface area contributed by atoms with Crippen LogP contribution in [0.1, 0.15) is 60.9 Å². The van der Waals surface area contributed by atoms with Crippen LogP contribution in [0.3, 0.4) is 0 Å². The smallest absolute Gasteiger partial charge is 0.0731 e. The summed E-state index contributed by atoms with van der Waals surface area (Å²) < 4.78 is 0. The fourth-order valence-corrected chi connectivity index (χ4v) is 12.0. The Morgan fingerprint density at radius 3 is 1.66 bits per heavy atom. The van der Waals surface area contributed by atoms with Crippen molar-refractivity contribution in [1.29, 1.82) is 0 Å². The zero-order valence-corrected chi connectivity index (χ0v) is 38.0. The van der Waals surface area contributed by atoms with Gasteiger partial charge in [-0.2, -0.15) is 0 Å². The highest BCUT2D eigenvalue weighted by Gasteiger charge is 2.53. The lowest BCUT2D eigenvalue weighted by atomic mass is 9.69. The summed E-state index contributed by atoms with van der Waals surface area (Å²) in [7, 11) is 0. The zero-order chi connectivity index (χ0) is 44.6. The molecule has 10 aromatic carbocycles. The van der Waals surface area contributed by atoms with Gasteiger partial charge in [-0.05, 0) is 187 Å². The van der Waals surface area contributed by atoms with E-state index in [1.807, 2.05) is 0 Å². The number of anilines is 5. The number of aryl methyl sites for hydroxylation is 1. The maximum Gasteiger partial charge on any atom is 0.0731 e. The van der Waals surface area contributed by atoms with E-state index in [0.717, 1.165) is 42.7 Å². The van der Waals surface area contributed by atoms with Gasteiger partial charge in [0.15, 0.2) is 0 Å². The third-order valence-corrected chi connectivity index (χ3v) is 15.1. The summed E-state index contributed by atoms with van der Waals surface area (Å²) in [6.45, 7) is 4.49. The number of allylic oxidation sites excluding steroid dienone is 4. The SMILES string of the molecule is CCC1=CC=C(N(c2ccccc2)c2ccc3cc4c(cc3c2)C2(c3ccccc3-c3ccccc32)c2c-4c3ccccc3c3cc(N(c4ccccc4)c4ccc(CC)cc4)ccc23)CC1. The van der Waals surface area contributed by atoms with E-state index in [0.29, 0.717) is 0 Å². The van der Waals surface area contributed by atoms with Crippen LogP contribution in [0.5, 0.6) is 0 Å². The molecule has 320 valence electrons. The molecule has 0 saturated heterocycles. The van der Waals surface area contributed by atoms with Crippen molar-refractivity contribution in [3.8, 4) is 22.3 Å². The number of hydrogen-bond donors (Lipinski definition) is 0. The highest BCUT2D eigenvalue weighted by molar-refractivity contribution is 6.21. The Bertz CT molecular complexity index is 3610. The van der Waals surface area contributed by atoms with Gasteiger partial charge in [-0.3, -0.25) is 0 Å². The molecule has 0 bridgehead atoms. The maximum absolute atomic E-state index is 2.56. The monoisotopic (exact) mass is 858 g/mol. The lowest BCUT2D eigenvalue weighted by Crippen LogP contribution is -2.26. The summed E-state index contributed by atoms with van der Waals surface area (Å²) in [6.07, 6.45) is 8.90. The highest BCUT2D eigenvalue weighted by Crippen LogP contribution is 2.66. The number of benzene rings is 10. The predicted molar refractivity (Wildman–Crippen MR) is 284 cm³/mol. The van der Waals surface area contributed by atoms with E-state index in [4.69, 9.17) is 0 Å². The number of rotatable bonds is 8. The maximum atomic E-state index is 2.56. The molecule has 0 aromatic heterocycles. The molecular formula is C65H50N2. The van der Waals surface area contributed by atoms with Crippen molar-refractivity contribution >= 4 is 60.8 Å². The lowest BCUT2D eigenvalue weighted by Gasteiger charge is -2.32. The highest BCUT2D eigenvalue weighted by atomic mass is 15.2. The van der Waals surface area contributed by atoms with Crippen molar-refractivity contribution in [3.63, 3.8) is 0 Å². The Morgan fingerprint density at radius 1 is 0.388 bits per heavy atom. The quantitative estimate of drug-likeness (QED) is 0.141. The predicted octanol–water partition coefficient (Wildman–Crippen LogP) is 17.7. The van der Waals surface area contributed by atoms with Gasteiger partial charge in [-0.15, -0.1) is 0 Å². The van der Waals surface area contributed by atoms with E-state index in [1.54, 1.807) is 0 Å². The summed E-state index contributed by atoms with van der Waals surface area (Å²) >= 11 is 0. The molecule has 0 atom stereocenters. The summed E-state index contributed by atoms with van der Waals surface area (Å²) in [5.41, 5.74) is 20.1. The van der Waals surface area contributed by atoms with Crippen LogP contribution in [-0.4, -0.2) is 0 Å². The van der Waals surface area contributed by atoms with Gasteiger partial charge in [0, 0.05) is 34.1 Å². The van der Waals surface area contributed by atoms with Gasteiger partial charge in [0.05, 0.1) is 5.41 Å². The Hall–Kier alpha value is -7.94. The molecule has 3 aliphatic carbocycles. The second-order valence-electron chi connectivity index (χ2n) is 18.5. The third kappa shape index (κ3) is 5.95. The average molecular weight is 859 g/mol. The first-order valence-electron chi connectivity index (χ1n) is 24.1. The minimum Gasteiger partial charge on any atom is -0.314 e. The van der Waals surface area contributed by atoms with Gasteiger partial charge in [0.25, 0.3) is 0 Å². The molecule has 0 N–H and O–H groups in total. The van der Waals surface area contributed by atoms with E-state index < -0.39 is 5.41 Å². The number of hydrogen-bond acceptors (Lipinski definition) is 2. The molecule has 0 saturated carbocycles. The van der Waals surface area contributed by atoms with Gasteiger partial charge < -0.3 is 9.80 Å². The molecule has 0 radical (unpaired) electrons. The van der Waals surface area contributed by atoms with Gasteiger partial charge >= 0.3 is 0 Å². The Morgan fingerprint density at radius 2 is 0.985 bits per heavy atom. The minimum atomic E-state index is -0.548. The second-order valence-corrected chi connectivity index (χ2v) is 18.5. The van der Waals surface area contributed by atoms with E-state index in [9.17, 15) is 0 Å². The molecule has 3 aliphatic rings. The zero-order valence-electron chi connectivity index (χ0n) is 38.0. The molecule has 67 heavy (non-hydrogen) atoms. The van der Waals surface area contributed by atoms with Crippen molar-refractivity contribution in [2.24, 2.45) is 0 Å². The van der Waals surface area contributed by atoms with Crippen molar-refractivity contribution in [1.82, 2.24) is 0 Å². The van der Waals surface area contributed by atoms with E-state index in [-0.39, 0.29) is 0 Å². The minimum absolute atomic E-state index is 0.548. The van der Waals surface area contributed by atoms with Crippen LogP contribution in [-0.2, 0) is 11.8 Å². The summed E-state index contributed by atoms with van der Waals surface area (Å²) in [6, 6.07) is 77.9. The van der Waals surface area contributed by atoms with Crippen LogP contribution in [0, 0.1) is 0 Å². The Labute approximate surface area is 393 Å². The molecule has 2 nitrogen and oxygen atoms in total. The topological polar surface area (TPSA) is 6.48 Å². The normalized spacial score (nSPS) is 14.1. The molecule has 0 aliphatic heterocycles. The number of fused-ring (bicyclic) bond motifs is 16. The Balaban J connectivity index is 1.10. The van der Waals surface area contributed by atoms with Crippen molar-refractivity contribution in [2.45, 2.75) is 44.9 Å². The van der Waals surface area contributed by atoms with Crippen LogP contribution in [0.15, 0.2) is 230 Å². The molecule has 2 heteroatoms. The molecule has 1 spiro atoms. The second kappa shape index (κ2) is 15.6. The fraction of sp³-hybridized carbons (Fsp3) is 0.108. The first-order chi connectivity index (χ1) is 33.1. The van der Waals surface area contributed by atoms with Crippen molar-refractivity contribution < 1.29 is 0 Å². The summed E-state index contributed by atoms with van der Waals surface area (Å²) in [5.74, 6) is 0. The number of para-hydroxylation sites is 2. The van der Waals surface area contributed by atoms with Crippen molar-refractivity contribution in [3.05, 3.63) is 257 Å². The van der Waals surface area contributed by atoms with Gasteiger partial charge in [-0.25, -0.2) is 0 Å². The van der Waals surface area contributed by atoms with E-state index in [1.165, 1.54) is 105 Å². The molecule has 10 aromatic rings. The van der Waals surface area contributed by atoms with Gasteiger partial charge in [0.2, 0.25) is 0 Å².